The van der Waals surface area contributed by atoms with E-state index >= 15 is 0 Å². The summed E-state index contributed by atoms with van der Waals surface area (Å²) in [6.07, 6.45) is 0. The van der Waals surface area contributed by atoms with Crippen LogP contribution in [0.4, 0.5) is 0 Å². The molecule has 3 heteroatoms. The predicted octanol–water partition coefficient (Wildman–Crippen LogP) is 7.35. The average molecular weight is 581 g/mol. The zero-order valence-electron chi connectivity index (χ0n) is 25.4. The molecule has 2 nitrogen and oxygen atoms in total. The van der Waals surface area contributed by atoms with Crippen LogP contribution in [-0.4, -0.2) is 0 Å². The van der Waals surface area contributed by atoms with Crippen LogP contribution in [0.1, 0.15) is 0 Å². The van der Waals surface area contributed by atoms with Crippen molar-refractivity contribution in [2.45, 2.75) is 0 Å². The fourth-order valence-corrected chi connectivity index (χ4v) is 6.93. The second kappa shape index (κ2) is 11.2. The molecule has 0 amide bonds. The van der Waals surface area contributed by atoms with Crippen molar-refractivity contribution in [1.82, 2.24) is 0 Å². The minimum atomic E-state index is 0. The van der Waals surface area contributed by atoms with E-state index < -0.39 is 0 Å². The van der Waals surface area contributed by atoms with Crippen LogP contribution in [-0.2, 0) is 0 Å². The van der Waals surface area contributed by atoms with Crippen LogP contribution in [0.3, 0.4) is 0 Å². The standard InChI is InChI=1S/C43H27NO.Li/c45-42-12-6-5-11-38(42)41-24-22-30-19-17-29-18-20-31(25-39(29)43(30)44-41)27-13-15-28(16-14-27)32-21-23-37-35-9-2-1-7-33(35)34-8-3-4-10-36(34)40(37)26-32;/h1-26,45H;/q;+1. The van der Waals surface area contributed by atoms with E-state index in [-0.39, 0.29) is 24.6 Å². The average Bonchev–Trinajstić information content (AvgIpc) is 3.11. The molecule has 0 radical (unpaired) electrons. The van der Waals surface area contributed by atoms with Gasteiger partial charge in [-0.05, 0) is 90.3 Å². The van der Waals surface area contributed by atoms with Crippen molar-refractivity contribution < 1.29 is 29.0 Å². The minimum Gasteiger partial charge on any atom is -0.872 e. The number of H-pyrrole nitrogens is 1. The van der Waals surface area contributed by atoms with Gasteiger partial charge in [0.05, 0.1) is 5.39 Å². The number of rotatable bonds is 3. The summed E-state index contributed by atoms with van der Waals surface area (Å²) in [6.45, 7) is 0. The van der Waals surface area contributed by atoms with Gasteiger partial charge in [-0.1, -0.05) is 127 Å². The summed E-state index contributed by atoms with van der Waals surface area (Å²) in [5.74, 6) is 0.0158. The monoisotopic (exact) mass is 580 g/mol. The van der Waals surface area contributed by atoms with Gasteiger partial charge in [0, 0.05) is 17.0 Å². The number of para-hydroxylation sites is 1. The number of hydrogen-bond acceptors (Lipinski definition) is 1. The first-order chi connectivity index (χ1) is 22.2. The van der Waals surface area contributed by atoms with Gasteiger partial charge in [0.25, 0.3) is 0 Å². The van der Waals surface area contributed by atoms with Crippen molar-refractivity contribution in [1.29, 1.82) is 0 Å². The molecule has 0 saturated carbocycles. The van der Waals surface area contributed by atoms with Crippen molar-refractivity contribution >= 4 is 54.0 Å². The summed E-state index contributed by atoms with van der Waals surface area (Å²) in [7, 11) is 0. The Morgan fingerprint density at radius 2 is 0.826 bits per heavy atom. The molecule has 0 aliphatic heterocycles. The number of aromatic amines is 1. The van der Waals surface area contributed by atoms with Crippen LogP contribution < -0.4 is 29.0 Å². The van der Waals surface area contributed by atoms with Crippen LogP contribution in [0.15, 0.2) is 158 Å². The van der Waals surface area contributed by atoms with Crippen molar-refractivity contribution in [3.05, 3.63) is 158 Å². The molecule has 1 aromatic heterocycles. The molecular weight excluding hydrogens is 553 g/mol. The Labute approximate surface area is 278 Å². The summed E-state index contributed by atoms with van der Waals surface area (Å²) >= 11 is 0. The Morgan fingerprint density at radius 1 is 0.370 bits per heavy atom. The second-order valence-electron chi connectivity index (χ2n) is 11.8. The molecule has 0 atom stereocenters. The first-order valence-corrected chi connectivity index (χ1v) is 15.3. The number of fused-ring (bicyclic) bond motifs is 9. The van der Waals surface area contributed by atoms with Gasteiger partial charge in [-0.3, -0.25) is 0 Å². The van der Waals surface area contributed by atoms with Crippen LogP contribution in [0.25, 0.3) is 87.5 Å². The Hall–Kier alpha value is -5.39. The molecule has 1 N–H and O–H groups in total. The molecule has 0 aliphatic carbocycles. The molecule has 1 heterocycles. The van der Waals surface area contributed by atoms with Crippen molar-refractivity contribution in [2.24, 2.45) is 0 Å². The largest absolute Gasteiger partial charge is 1.00 e. The van der Waals surface area contributed by atoms with E-state index in [1.807, 2.05) is 18.2 Å². The van der Waals surface area contributed by atoms with Crippen LogP contribution in [0, 0.1) is 0 Å². The summed E-state index contributed by atoms with van der Waals surface area (Å²) < 4.78 is 0. The molecular formula is C43H27LiNO+. The topological polar surface area (TPSA) is 37.2 Å². The second-order valence-corrected chi connectivity index (χ2v) is 11.8. The third kappa shape index (κ3) is 4.55. The Balaban J connectivity index is 0.00000312. The van der Waals surface area contributed by atoms with Crippen molar-refractivity contribution in [2.75, 3.05) is 0 Å². The number of pyridine rings is 1. The summed E-state index contributed by atoms with van der Waals surface area (Å²) in [5.41, 5.74) is 7.25. The molecule has 8 aromatic carbocycles. The molecule has 9 aromatic rings. The molecule has 0 bridgehead atoms. The molecule has 0 spiro atoms. The molecule has 0 fully saturated rings. The van der Waals surface area contributed by atoms with E-state index in [0.717, 1.165) is 38.5 Å². The van der Waals surface area contributed by atoms with Gasteiger partial charge in [0.1, 0.15) is 0 Å². The smallest absolute Gasteiger partial charge is 0.872 e. The van der Waals surface area contributed by atoms with Gasteiger partial charge in [-0.25, -0.2) is 4.98 Å². The zero-order chi connectivity index (χ0) is 29.9. The molecule has 9 rings (SSSR count). The van der Waals surface area contributed by atoms with Gasteiger partial charge in [-0.2, -0.15) is 0 Å². The van der Waals surface area contributed by atoms with E-state index in [9.17, 15) is 5.11 Å². The molecule has 0 saturated heterocycles. The number of aromatic nitrogens is 1. The quantitative estimate of drug-likeness (QED) is 0.159. The van der Waals surface area contributed by atoms with Gasteiger partial charge in [0.2, 0.25) is 11.2 Å². The van der Waals surface area contributed by atoms with Gasteiger partial charge >= 0.3 is 18.9 Å². The Bertz CT molecular complexity index is 2570. The van der Waals surface area contributed by atoms with Gasteiger partial charge < -0.3 is 5.11 Å². The van der Waals surface area contributed by atoms with Gasteiger partial charge in [-0.15, -0.1) is 0 Å². The van der Waals surface area contributed by atoms with Crippen molar-refractivity contribution in [3.8, 4) is 39.3 Å². The van der Waals surface area contributed by atoms with Crippen molar-refractivity contribution in [3.63, 3.8) is 0 Å². The van der Waals surface area contributed by atoms with Crippen LogP contribution >= 0.6 is 0 Å². The zero-order valence-corrected chi connectivity index (χ0v) is 25.4. The SMILES string of the molecule is [Li+].[O-]c1ccccc1-c1ccc2ccc3ccc(-c4ccc(-c5ccc6c7ccccc7c7ccccc7c6c5)cc4)cc3c2[nH+]1. The fraction of sp³-hybridized carbons (Fsp3) is 0. The maximum absolute atomic E-state index is 12.5. The molecule has 210 valence electrons. The van der Waals surface area contributed by atoms with E-state index in [4.69, 9.17) is 0 Å². The molecule has 0 unspecified atom stereocenters. The number of benzene rings is 8. The predicted molar refractivity (Wildman–Crippen MR) is 186 cm³/mol. The van der Waals surface area contributed by atoms with Crippen LogP contribution in [0.5, 0.6) is 5.75 Å². The van der Waals surface area contributed by atoms with E-state index in [1.165, 1.54) is 43.4 Å². The fourth-order valence-electron chi connectivity index (χ4n) is 6.93. The third-order valence-electron chi connectivity index (χ3n) is 9.22. The number of hydrogen-bond donors (Lipinski definition) is 0. The number of nitrogens with one attached hydrogen (secondary N) is 1. The normalized spacial score (nSPS) is 11.4. The molecule has 46 heavy (non-hydrogen) atoms. The summed E-state index contributed by atoms with van der Waals surface area (Å²) in [6, 6.07) is 55.3. The van der Waals surface area contributed by atoms with Crippen LogP contribution in [0.2, 0.25) is 0 Å². The minimum absolute atomic E-state index is 0. The van der Waals surface area contributed by atoms with Gasteiger partial charge in [0.15, 0.2) is 0 Å². The molecule has 0 aliphatic rings. The van der Waals surface area contributed by atoms with E-state index in [0.29, 0.717) is 5.56 Å². The first kappa shape index (κ1) is 28.1. The Kier molecular flexibility index (Phi) is 6.84. The summed E-state index contributed by atoms with van der Waals surface area (Å²) in [5, 5.41) is 23.7. The maximum atomic E-state index is 12.5. The first-order valence-electron chi connectivity index (χ1n) is 15.3. The Morgan fingerprint density at radius 3 is 1.48 bits per heavy atom. The van der Waals surface area contributed by atoms with E-state index in [2.05, 4.69) is 132 Å². The maximum Gasteiger partial charge on any atom is 1.00 e. The third-order valence-corrected chi connectivity index (χ3v) is 9.22. The summed E-state index contributed by atoms with van der Waals surface area (Å²) in [4.78, 5) is 3.57. The van der Waals surface area contributed by atoms with E-state index in [1.54, 1.807) is 12.1 Å².